The van der Waals surface area contributed by atoms with E-state index in [9.17, 15) is 0 Å². The van der Waals surface area contributed by atoms with Crippen LogP contribution in [0.2, 0.25) is 0 Å². The van der Waals surface area contributed by atoms with E-state index in [2.05, 4.69) is 74.5 Å². The monoisotopic (exact) mass is 338 g/mol. The van der Waals surface area contributed by atoms with Crippen molar-refractivity contribution in [3.05, 3.63) is 95.7 Å². The Morgan fingerprint density at radius 1 is 0.846 bits per heavy atom. The summed E-state index contributed by atoms with van der Waals surface area (Å²) in [5.41, 5.74) is 11.3. The summed E-state index contributed by atoms with van der Waals surface area (Å²) in [5, 5.41) is 11.0. The highest BCUT2D eigenvalue weighted by molar-refractivity contribution is 6.14. The Kier molecular flexibility index (Phi) is 3.77. The average molecular weight is 338 g/mol. The summed E-state index contributed by atoms with van der Waals surface area (Å²) < 4.78 is 0. The molecule has 2 nitrogen and oxygen atoms in total. The SMILES string of the molecule is CC1(C)C=C(N)C(C(=N)c2ccc(-c3cccc4ccccc34)cc2)=C1. The number of allylic oxidation sites excluding steroid dienone is 3. The van der Waals surface area contributed by atoms with Crippen LogP contribution in [0.4, 0.5) is 0 Å². The second-order valence-electron chi connectivity index (χ2n) is 7.46. The molecule has 0 unspecified atom stereocenters. The third-order valence-corrected chi connectivity index (χ3v) is 4.90. The van der Waals surface area contributed by atoms with Crippen LogP contribution in [0.1, 0.15) is 19.4 Å². The minimum Gasteiger partial charge on any atom is -0.398 e. The second-order valence-corrected chi connectivity index (χ2v) is 7.46. The molecule has 0 bridgehead atoms. The van der Waals surface area contributed by atoms with Crippen molar-refractivity contribution in [2.24, 2.45) is 11.1 Å². The molecule has 128 valence electrons. The highest BCUT2D eigenvalue weighted by atomic mass is 14.6. The van der Waals surface area contributed by atoms with Crippen molar-refractivity contribution in [2.45, 2.75) is 13.8 Å². The predicted octanol–water partition coefficient (Wildman–Crippen LogP) is 5.68. The molecule has 0 atom stereocenters. The van der Waals surface area contributed by atoms with E-state index in [1.165, 1.54) is 16.3 Å². The normalized spacial score (nSPS) is 15.6. The molecule has 0 spiro atoms. The summed E-state index contributed by atoms with van der Waals surface area (Å²) in [5.74, 6) is 0. The maximum atomic E-state index is 8.55. The second kappa shape index (κ2) is 5.99. The van der Waals surface area contributed by atoms with Crippen LogP contribution in [-0.4, -0.2) is 5.71 Å². The predicted molar refractivity (Wildman–Crippen MR) is 110 cm³/mol. The van der Waals surface area contributed by atoms with E-state index in [4.69, 9.17) is 11.1 Å². The Bertz CT molecular complexity index is 1060. The van der Waals surface area contributed by atoms with Gasteiger partial charge in [0.2, 0.25) is 0 Å². The van der Waals surface area contributed by atoms with Gasteiger partial charge in [0.15, 0.2) is 0 Å². The number of hydrogen-bond acceptors (Lipinski definition) is 2. The minimum atomic E-state index is -0.0887. The summed E-state index contributed by atoms with van der Waals surface area (Å²) in [6.45, 7) is 4.20. The van der Waals surface area contributed by atoms with Crippen molar-refractivity contribution >= 4 is 16.5 Å². The molecule has 0 aliphatic heterocycles. The maximum absolute atomic E-state index is 8.55. The van der Waals surface area contributed by atoms with Gasteiger partial charge in [0.25, 0.3) is 0 Å². The third kappa shape index (κ3) is 2.84. The number of hydrogen-bond donors (Lipinski definition) is 2. The van der Waals surface area contributed by atoms with Crippen molar-refractivity contribution < 1.29 is 0 Å². The van der Waals surface area contributed by atoms with Crippen LogP contribution in [0.5, 0.6) is 0 Å². The van der Waals surface area contributed by atoms with Gasteiger partial charge in [0.1, 0.15) is 0 Å². The number of fused-ring (bicyclic) bond motifs is 1. The molecule has 4 rings (SSSR count). The molecule has 0 amide bonds. The van der Waals surface area contributed by atoms with Gasteiger partial charge in [-0.05, 0) is 21.9 Å². The fraction of sp³-hybridized carbons (Fsp3) is 0.125. The Balaban J connectivity index is 1.70. The first-order chi connectivity index (χ1) is 12.4. The first-order valence-electron chi connectivity index (χ1n) is 8.84. The molecule has 2 heteroatoms. The van der Waals surface area contributed by atoms with Gasteiger partial charge in [0, 0.05) is 22.2 Å². The van der Waals surface area contributed by atoms with Gasteiger partial charge in [-0.2, -0.15) is 0 Å². The fourth-order valence-corrected chi connectivity index (χ4v) is 3.64. The summed E-state index contributed by atoms with van der Waals surface area (Å²) in [7, 11) is 0. The third-order valence-electron chi connectivity index (χ3n) is 4.90. The first kappa shape index (κ1) is 16.3. The molecule has 0 heterocycles. The van der Waals surface area contributed by atoms with Crippen LogP contribution < -0.4 is 5.73 Å². The zero-order valence-electron chi connectivity index (χ0n) is 15.1. The molecule has 3 N–H and O–H groups in total. The Labute approximate surface area is 154 Å². The van der Waals surface area contributed by atoms with Crippen molar-refractivity contribution in [2.75, 3.05) is 0 Å². The van der Waals surface area contributed by atoms with Crippen molar-refractivity contribution in [3.63, 3.8) is 0 Å². The van der Waals surface area contributed by atoms with Crippen molar-refractivity contribution in [1.82, 2.24) is 0 Å². The summed E-state index contributed by atoms with van der Waals surface area (Å²) in [6.07, 6.45) is 4.09. The van der Waals surface area contributed by atoms with Gasteiger partial charge < -0.3 is 5.73 Å². The number of benzene rings is 3. The highest BCUT2D eigenvalue weighted by Gasteiger charge is 2.24. The maximum Gasteiger partial charge on any atom is 0.0702 e. The Morgan fingerprint density at radius 2 is 1.54 bits per heavy atom. The van der Waals surface area contributed by atoms with Gasteiger partial charge in [-0.3, -0.25) is 5.41 Å². The molecule has 26 heavy (non-hydrogen) atoms. The lowest BCUT2D eigenvalue weighted by Gasteiger charge is -2.11. The van der Waals surface area contributed by atoms with E-state index < -0.39 is 0 Å². The molecule has 0 radical (unpaired) electrons. The van der Waals surface area contributed by atoms with Crippen LogP contribution >= 0.6 is 0 Å². The topological polar surface area (TPSA) is 49.9 Å². The molecule has 0 saturated carbocycles. The lowest BCUT2D eigenvalue weighted by atomic mass is 9.94. The van der Waals surface area contributed by atoms with Crippen LogP contribution in [0, 0.1) is 10.8 Å². The van der Waals surface area contributed by atoms with Crippen LogP contribution in [0.25, 0.3) is 21.9 Å². The number of rotatable bonds is 3. The van der Waals surface area contributed by atoms with Gasteiger partial charge in [-0.25, -0.2) is 0 Å². The van der Waals surface area contributed by atoms with Gasteiger partial charge in [-0.15, -0.1) is 0 Å². The molecule has 1 aliphatic carbocycles. The smallest absolute Gasteiger partial charge is 0.0702 e. The van der Waals surface area contributed by atoms with E-state index in [0.717, 1.165) is 16.7 Å². The lowest BCUT2D eigenvalue weighted by molar-refractivity contribution is 0.634. The molecular weight excluding hydrogens is 316 g/mol. The molecule has 3 aromatic rings. The van der Waals surface area contributed by atoms with Gasteiger partial charge in [0.05, 0.1) is 5.71 Å². The summed E-state index contributed by atoms with van der Waals surface area (Å²) in [6, 6.07) is 23.0. The quantitative estimate of drug-likeness (QED) is 0.593. The average Bonchev–Trinajstić information content (AvgIpc) is 2.93. The van der Waals surface area contributed by atoms with E-state index in [-0.39, 0.29) is 5.41 Å². The largest absolute Gasteiger partial charge is 0.398 e. The zero-order valence-corrected chi connectivity index (χ0v) is 15.1. The van der Waals surface area contributed by atoms with E-state index in [0.29, 0.717) is 11.4 Å². The summed E-state index contributed by atoms with van der Waals surface area (Å²) >= 11 is 0. The number of nitrogens with two attached hydrogens (primary N) is 1. The fourth-order valence-electron chi connectivity index (χ4n) is 3.64. The molecule has 0 aromatic heterocycles. The van der Waals surface area contributed by atoms with Crippen LogP contribution in [-0.2, 0) is 0 Å². The minimum absolute atomic E-state index is 0.0887. The van der Waals surface area contributed by atoms with Crippen LogP contribution in [0.15, 0.2) is 90.2 Å². The molecular formula is C24H22N2. The highest BCUT2D eigenvalue weighted by Crippen LogP contribution is 2.33. The van der Waals surface area contributed by atoms with Gasteiger partial charge in [-0.1, -0.05) is 92.7 Å². The van der Waals surface area contributed by atoms with E-state index in [1.807, 2.05) is 18.2 Å². The molecule has 0 saturated heterocycles. The van der Waals surface area contributed by atoms with E-state index >= 15 is 0 Å². The molecule has 3 aromatic carbocycles. The zero-order chi connectivity index (χ0) is 18.3. The molecule has 1 aliphatic rings. The lowest BCUT2D eigenvalue weighted by Crippen LogP contribution is -2.09. The Morgan fingerprint density at radius 3 is 2.23 bits per heavy atom. The summed E-state index contributed by atoms with van der Waals surface area (Å²) in [4.78, 5) is 0. The Hall–Kier alpha value is -3.13. The molecule has 0 fully saturated rings. The van der Waals surface area contributed by atoms with Crippen LogP contribution in [0.3, 0.4) is 0 Å². The standard InChI is InChI=1S/C24H22N2/c1-24(2)14-21(22(25)15-24)23(26)18-12-10-17(11-13-18)20-9-5-7-16-6-3-4-8-19(16)20/h3-15,26H,25H2,1-2H3. The van der Waals surface area contributed by atoms with Crippen molar-refractivity contribution in [3.8, 4) is 11.1 Å². The number of nitrogens with one attached hydrogen (secondary N) is 1. The van der Waals surface area contributed by atoms with Crippen molar-refractivity contribution in [1.29, 1.82) is 5.41 Å². The van der Waals surface area contributed by atoms with Gasteiger partial charge >= 0.3 is 0 Å². The first-order valence-corrected chi connectivity index (χ1v) is 8.84. The van der Waals surface area contributed by atoms with E-state index in [1.54, 1.807) is 0 Å².